The van der Waals surface area contributed by atoms with Crippen molar-refractivity contribution < 1.29 is 0 Å². The van der Waals surface area contributed by atoms with Crippen LogP contribution in [0.15, 0.2) is 18.5 Å². The highest BCUT2D eigenvalue weighted by Crippen LogP contribution is 2.15. The molecule has 2 nitrogen and oxygen atoms in total. The Morgan fingerprint density at radius 1 is 1.57 bits per heavy atom. The Kier molecular flexibility index (Phi) is 4.80. The summed E-state index contributed by atoms with van der Waals surface area (Å²) in [6.07, 6.45) is 7.03. The van der Waals surface area contributed by atoms with Gasteiger partial charge in [0, 0.05) is 29.9 Å². The van der Waals surface area contributed by atoms with Crippen molar-refractivity contribution in [3.63, 3.8) is 0 Å². The molecule has 0 radical (unpaired) electrons. The van der Waals surface area contributed by atoms with Crippen LogP contribution in [0.2, 0.25) is 0 Å². The Morgan fingerprint density at radius 2 is 2.36 bits per heavy atom. The minimum Gasteiger partial charge on any atom is -0.381 e. The van der Waals surface area contributed by atoms with E-state index in [1.807, 2.05) is 30.2 Å². The number of thioether (sulfide) groups is 1. The number of nitrogens with zero attached hydrogens (tertiary/aromatic N) is 1. The van der Waals surface area contributed by atoms with Crippen molar-refractivity contribution >= 4 is 17.4 Å². The fourth-order valence-electron chi connectivity index (χ4n) is 1.32. The van der Waals surface area contributed by atoms with Crippen molar-refractivity contribution in [3.05, 3.63) is 24.0 Å². The second kappa shape index (κ2) is 5.91. The molecule has 0 aromatic carbocycles. The molecular formula is C11H18N2S. The van der Waals surface area contributed by atoms with Gasteiger partial charge in [-0.3, -0.25) is 4.98 Å². The summed E-state index contributed by atoms with van der Waals surface area (Å²) >= 11 is 1.88. The summed E-state index contributed by atoms with van der Waals surface area (Å²) in [5.74, 6) is 1.15. The molecule has 0 aliphatic rings. The smallest absolute Gasteiger partial charge is 0.0403 e. The number of aryl methyl sites for hydroxylation is 1. The molecule has 0 spiro atoms. The zero-order chi connectivity index (χ0) is 10.4. The van der Waals surface area contributed by atoms with Crippen LogP contribution in [0.1, 0.15) is 18.9 Å². The number of hydrogen-bond donors (Lipinski definition) is 1. The molecule has 0 saturated carbocycles. The Morgan fingerprint density at radius 3 is 2.93 bits per heavy atom. The molecule has 1 N–H and O–H groups in total. The molecule has 1 aromatic rings. The van der Waals surface area contributed by atoms with Crippen molar-refractivity contribution in [1.82, 2.24) is 4.98 Å². The molecule has 0 bridgehead atoms. The van der Waals surface area contributed by atoms with Crippen LogP contribution in [0.25, 0.3) is 0 Å². The monoisotopic (exact) mass is 210 g/mol. The van der Waals surface area contributed by atoms with Crippen molar-refractivity contribution in [2.45, 2.75) is 26.3 Å². The van der Waals surface area contributed by atoms with Crippen molar-refractivity contribution in [2.24, 2.45) is 0 Å². The molecule has 0 amide bonds. The molecule has 1 rings (SSSR count). The van der Waals surface area contributed by atoms with E-state index in [0.29, 0.717) is 6.04 Å². The molecule has 1 aromatic heterocycles. The highest BCUT2D eigenvalue weighted by Gasteiger charge is 2.05. The van der Waals surface area contributed by atoms with Crippen LogP contribution in [0, 0.1) is 6.92 Å². The minimum atomic E-state index is 0.561. The maximum atomic E-state index is 4.08. The van der Waals surface area contributed by atoms with Gasteiger partial charge in [-0.25, -0.2) is 0 Å². The second-order valence-corrected chi connectivity index (χ2v) is 4.31. The van der Waals surface area contributed by atoms with E-state index in [-0.39, 0.29) is 0 Å². The number of aromatic nitrogens is 1. The zero-order valence-corrected chi connectivity index (χ0v) is 9.90. The number of anilines is 1. The summed E-state index contributed by atoms with van der Waals surface area (Å²) in [5, 5.41) is 3.54. The van der Waals surface area contributed by atoms with Gasteiger partial charge in [0.05, 0.1) is 0 Å². The van der Waals surface area contributed by atoms with Crippen LogP contribution in [0.3, 0.4) is 0 Å². The van der Waals surface area contributed by atoms with Gasteiger partial charge < -0.3 is 5.32 Å². The van der Waals surface area contributed by atoms with Crippen molar-refractivity contribution in [3.8, 4) is 0 Å². The van der Waals surface area contributed by atoms with E-state index in [4.69, 9.17) is 0 Å². The number of hydrogen-bond acceptors (Lipinski definition) is 3. The highest BCUT2D eigenvalue weighted by molar-refractivity contribution is 7.98. The van der Waals surface area contributed by atoms with Crippen LogP contribution in [-0.2, 0) is 0 Å². The number of nitrogens with one attached hydrogen (secondary N) is 1. The van der Waals surface area contributed by atoms with Gasteiger partial charge >= 0.3 is 0 Å². The van der Waals surface area contributed by atoms with Crippen molar-refractivity contribution in [1.29, 1.82) is 0 Å². The average molecular weight is 210 g/mol. The van der Waals surface area contributed by atoms with Gasteiger partial charge in [0.25, 0.3) is 0 Å². The molecule has 1 unspecified atom stereocenters. The largest absolute Gasteiger partial charge is 0.381 e. The Hall–Kier alpha value is -0.700. The molecule has 78 valence electrons. The Labute approximate surface area is 90.5 Å². The fourth-order valence-corrected chi connectivity index (χ4v) is 2.04. The van der Waals surface area contributed by atoms with Gasteiger partial charge in [0.2, 0.25) is 0 Å². The number of rotatable bonds is 5. The van der Waals surface area contributed by atoms with E-state index >= 15 is 0 Å². The van der Waals surface area contributed by atoms with Gasteiger partial charge in [-0.1, -0.05) is 6.92 Å². The summed E-state index contributed by atoms with van der Waals surface area (Å²) in [5.41, 5.74) is 2.42. The lowest BCUT2D eigenvalue weighted by molar-refractivity contribution is 0.773. The predicted molar refractivity (Wildman–Crippen MR) is 65.1 cm³/mol. The van der Waals surface area contributed by atoms with Crippen LogP contribution >= 0.6 is 11.8 Å². The second-order valence-electron chi connectivity index (χ2n) is 3.40. The summed E-state index contributed by atoms with van der Waals surface area (Å²) < 4.78 is 0. The third-order valence-corrected chi connectivity index (χ3v) is 2.98. The van der Waals surface area contributed by atoms with Crippen molar-refractivity contribution in [2.75, 3.05) is 17.3 Å². The van der Waals surface area contributed by atoms with Crippen LogP contribution < -0.4 is 5.32 Å². The zero-order valence-electron chi connectivity index (χ0n) is 9.08. The van der Waals surface area contributed by atoms with Gasteiger partial charge in [0.15, 0.2) is 0 Å². The maximum Gasteiger partial charge on any atom is 0.0403 e. The topological polar surface area (TPSA) is 24.9 Å². The summed E-state index contributed by atoms with van der Waals surface area (Å²) in [6, 6.07) is 2.60. The van der Waals surface area contributed by atoms with E-state index in [2.05, 4.69) is 30.4 Å². The number of pyridine rings is 1. The summed E-state index contributed by atoms with van der Waals surface area (Å²) in [4.78, 5) is 4.08. The highest BCUT2D eigenvalue weighted by atomic mass is 32.2. The van der Waals surface area contributed by atoms with E-state index in [0.717, 1.165) is 12.2 Å². The van der Waals surface area contributed by atoms with Gasteiger partial charge in [-0.15, -0.1) is 0 Å². The standard InChI is InChI=1S/C11H18N2S/c1-4-10(8-14-3)13-11-5-6-12-7-9(11)2/h5-7,10H,4,8H2,1-3H3,(H,12,13). The molecular weight excluding hydrogens is 192 g/mol. The SMILES string of the molecule is CCC(CSC)Nc1ccncc1C. The Bertz CT molecular complexity index is 276. The molecule has 0 saturated heterocycles. The maximum absolute atomic E-state index is 4.08. The quantitative estimate of drug-likeness (QED) is 0.809. The molecule has 1 atom stereocenters. The van der Waals surface area contributed by atoms with Crippen LogP contribution in [0.5, 0.6) is 0 Å². The molecule has 3 heteroatoms. The van der Waals surface area contributed by atoms with Crippen LogP contribution in [-0.4, -0.2) is 23.0 Å². The first-order valence-electron chi connectivity index (χ1n) is 4.94. The molecule has 0 aliphatic heterocycles. The lowest BCUT2D eigenvalue weighted by Crippen LogP contribution is -2.21. The van der Waals surface area contributed by atoms with E-state index in [1.165, 1.54) is 11.3 Å². The molecule has 1 heterocycles. The van der Waals surface area contributed by atoms with Crippen LogP contribution in [0.4, 0.5) is 5.69 Å². The predicted octanol–water partition coefficient (Wildman–Crippen LogP) is 2.94. The lowest BCUT2D eigenvalue weighted by atomic mass is 10.2. The average Bonchev–Trinajstić information content (AvgIpc) is 2.20. The Balaban J connectivity index is 2.62. The lowest BCUT2D eigenvalue weighted by Gasteiger charge is -2.18. The first-order valence-corrected chi connectivity index (χ1v) is 6.33. The molecule has 0 aliphatic carbocycles. The van der Waals surface area contributed by atoms with E-state index in [1.54, 1.807) is 0 Å². The first kappa shape index (κ1) is 11.4. The first-order chi connectivity index (χ1) is 6.77. The normalized spacial score (nSPS) is 12.5. The van der Waals surface area contributed by atoms with E-state index < -0.39 is 0 Å². The third-order valence-electron chi connectivity index (χ3n) is 2.24. The van der Waals surface area contributed by atoms with Gasteiger partial charge in [-0.05, 0) is 31.2 Å². The van der Waals surface area contributed by atoms with Gasteiger partial charge in [-0.2, -0.15) is 11.8 Å². The van der Waals surface area contributed by atoms with E-state index in [9.17, 15) is 0 Å². The molecule has 0 fully saturated rings. The van der Waals surface area contributed by atoms with Gasteiger partial charge in [0.1, 0.15) is 0 Å². The molecule has 14 heavy (non-hydrogen) atoms. The summed E-state index contributed by atoms with van der Waals surface area (Å²) in [6.45, 7) is 4.30. The fraction of sp³-hybridized carbons (Fsp3) is 0.545. The minimum absolute atomic E-state index is 0.561. The third kappa shape index (κ3) is 3.22. The summed E-state index contributed by atoms with van der Waals surface area (Å²) in [7, 11) is 0.